The number of phenolic OH excluding ortho intramolecular Hbond substituents is 1. The van der Waals surface area contributed by atoms with E-state index in [1.165, 1.54) is 19.9 Å². The largest absolute Gasteiger partial charge is 0.508 e. The molecule has 0 aliphatic heterocycles. The molecule has 0 bridgehead atoms. The monoisotopic (exact) mass is 283 g/mol. The van der Waals surface area contributed by atoms with E-state index in [0.717, 1.165) is 12.1 Å². The van der Waals surface area contributed by atoms with Crippen LogP contribution in [0.4, 0.5) is 4.39 Å². The summed E-state index contributed by atoms with van der Waals surface area (Å²) in [7, 11) is 0. The van der Waals surface area contributed by atoms with Crippen molar-refractivity contribution in [1.29, 1.82) is 0 Å². The molecule has 0 saturated carbocycles. The van der Waals surface area contributed by atoms with Gasteiger partial charge in [-0.25, -0.2) is 4.39 Å². The van der Waals surface area contributed by atoms with Gasteiger partial charge in [0.2, 0.25) is 0 Å². The average Bonchev–Trinajstić information content (AvgIpc) is 2.27. The van der Waals surface area contributed by atoms with E-state index in [4.69, 9.17) is 5.11 Å². The van der Waals surface area contributed by atoms with E-state index in [0.29, 0.717) is 0 Å². The third kappa shape index (κ3) is 2.89. The minimum atomic E-state index is -1.24. The van der Waals surface area contributed by atoms with Crippen LogP contribution in [0.25, 0.3) is 0 Å². The molecule has 1 aromatic carbocycles. The fourth-order valence-electron chi connectivity index (χ4n) is 1.46. The lowest BCUT2D eigenvalue weighted by molar-refractivity contribution is -0.150. The van der Waals surface area contributed by atoms with E-state index >= 15 is 0 Å². The van der Waals surface area contributed by atoms with Gasteiger partial charge in [0, 0.05) is 6.07 Å². The number of carbonyl (C=O) groups excluding carboxylic acids is 1. The Morgan fingerprint density at radius 2 is 1.75 bits per heavy atom. The van der Waals surface area contributed by atoms with Crippen molar-refractivity contribution in [3.63, 3.8) is 0 Å². The zero-order valence-corrected chi connectivity index (χ0v) is 11.8. The molecule has 1 aromatic rings. The van der Waals surface area contributed by atoms with Gasteiger partial charge in [0.15, 0.2) is 0 Å². The molecule has 0 unspecified atom stereocenters. The smallest absolute Gasteiger partial charge is 0.311 e. The molecule has 1 amide bonds. The van der Waals surface area contributed by atoms with Crippen LogP contribution in [-0.4, -0.2) is 27.6 Å². The number of aromatic hydroxyl groups is 1. The van der Waals surface area contributed by atoms with E-state index in [2.05, 4.69) is 5.32 Å². The number of hydrogen-bond donors (Lipinski definition) is 3. The summed E-state index contributed by atoms with van der Waals surface area (Å²) in [5.41, 5.74) is -2.59. The van der Waals surface area contributed by atoms with Gasteiger partial charge >= 0.3 is 5.97 Å². The minimum Gasteiger partial charge on any atom is -0.508 e. The molecule has 0 spiro atoms. The highest BCUT2D eigenvalue weighted by Gasteiger charge is 2.44. The summed E-state index contributed by atoms with van der Waals surface area (Å²) >= 11 is 0. The molecule has 5 nitrogen and oxygen atoms in total. The fraction of sp³-hybridized carbons (Fsp3) is 0.429. The Kier molecular flexibility index (Phi) is 4.07. The van der Waals surface area contributed by atoms with E-state index in [9.17, 15) is 19.1 Å². The van der Waals surface area contributed by atoms with Gasteiger partial charge in [0.05, 0.1) is 16.5 Å². The Balaban J connectivity index is 3.03. The molecule has 0 aliphatic carbocycles. The highest BCUT2D eigenvalue weighted by Crippen LogP contribution is 2.31. The molecule has 0 heterocycles. The molecule has 0 saturated heterocycles. The minimum absolute atomic E-state index is 0.253. The van der Waals surface area contributed by atoms with Crippen LogP contribution in [0, 0.1) is 11.2 Å². The predicted molar refractivity (Wildman–Crippen MR) is 71.0 cm³/mol. The van der Waals surface area contributed by atoms with Crippen molar-refractivity contribution in [3.05, 3.63) is 29.6 Å². The van der Waals surface area contributed by atoms with Crippen LogP contribution in [-0.2, 0) is 4.79 Å². The van der Waals surface area contributed by atoms with E-state index in [1.807, 2.05) is 0 Å². The Labute approximate surface area is 116 Å². The van der Waals surface area contributed by atoms with Crippen molar-refractivity contribution in [2.75, 3.05) is 0 Å². The molecule has 20 heavy (non-hydrogen) atoms. The molecule has 1 rings (SSSR count). The summed E-state index contributed by atoms with van der Waals surface area (Å²) in [5.74, 6) is -2.97. The van der Waals surface area contributed by atoms with Gasteiger partial charge in [0.1, 0.15) is 11.6 Å². The van der Waals surface area contributed by atoms with E-state index in [-0.39, 0.29) is 11.3 Å². The lowest BCUT2D eigenvalue weighted by Gasteiger charge is -2.38. The lowest BCUT2D eigenvalue weighted by Crippen LogP contribution is -2.57. The van der Waals surface area contributed by atoms with E-state index in [1.54, 1.807) is 13.8 Å². The first kappa shape index (κ1) is 15.9. The standard InChI is InChI=1S/C14H18FNO4/c1-13(2,12(19)20)14(3,4)16-11(18)9-6-5-8(17)7-10(9)15/h5-7,17H,1-4H3,(H,16,18)(H,19,20). The number of carboxylic acids is 1. The van der Waals surface area contributed by atoms with Crippen LogP contribution < -0.4 is 5.32 Å². The summed E-state index contributed by atoms with van der Waals surface area (Å²) in [6, 6.07) is 3.15. The van der Waals surface area contributed by atoms with Crippen LogP contribution >= 0.6 is 0 Å². The number of aliphatic carboxylic acids is 1. The van der Waals surface area contributed by atoms with Crippen LogP contribution in [0.3, 0.4) is 0 Å². The Morgan fingerprint density at radius 1 is 1.20 bits per heavy atom. The lowest BCUT2D eigenvalue weighted by atomic mass is 9.74. The number of nitrogens with one attached hydrogen (secondary N) is 1. The Bertz CT molecular complexity index is 552. The summed E-state index contributed by atoms with van der Waals surface area (Å²) in [4.78, 5) is 23.3. The predicted octanol–water partition coefficient (Wildman–Crippen LogP) is 2.15. The molecule has 0 aliphatic rings. The summed E-state index contributed by atoms with van der Waals surface area (Å²) in [6.45, 7) is 6.06. The molecule has 0 aromatic heterocycles. The van der Waals surface area contributed by atoms with Gasteiger partial charge < -0.3 is 15.5 Å². The SMILES string of the molecule is CC(C)(NC(=O)c1ccc(O)cc1F)C(C)(C)C(=O)O. The summed E-state index contributed by atoms with van der Waals surface area (Å²) in [5, 5.41) is 20.8. The maximum atomic E-state index is 13.6. The first-order valence-electron chi connectivity index (χ1n) is 6.03. The second-order valence-electron chi connectivity index (χ2n) is 5.67. The number of phenols is 1. The van der Waals surface area contributed by atoms with Crippen molar-refractivity contribution in [1.82, 2.24) is 5.32 Å². The molecular weight excluding hydrogens is 265 g/mol. The number of amides is 1. The number of hydrogen-bond acceptors (Lipinski definition) is 3. The zero-order chi connectivity index (χ0) is 15.7. The molecule has 6 heteroatoms. The normalized spacial score (nSPS) is 12.1. The number of carbonyl (C=O) groups is 2. The van der Waals surface area contributed by atoms with E-state index < -0.39 is 28.6 Å². The first-order valence-corrected chi connectivity index (χ1v) is 6.03. The van der Waals surface area contributed by atoms with Crippen molar-refractivity contribution < 1.29 is 24.2 Å². The number of rotatable bonds is 4. The van der Waals surface area contributed by atoms with Crippen LogP contribution in [0.5, 0.6) is 5.75 Å². The van der Waals surface area contributed by atoms with Gasteiger partial charge in [0.25, 0.3) is 5.91 Å². The van der Waals surface area contributed by atoms with Crippen LogP contribution in [0.15, 0.2) is 18.2 Å². The van der Waals surface area contributed by atoms with Gasteiger partial charge in [-0.05, 0) is 39.8 Å². The Morgan fingerprint density at radius 3 is 2.20 bits per heavy atom. The maximum Gasteiger partial charge on any atom is 0.311 e. The average molecular weight is 283 g/mol. The molecule has 110 valence electrons. The molecule has 0 fully saturated rings. The fourth-order valence-corrected chi connectivity index (χ4v) is 1.46. The zero-order valence-electron chi connectivity index (χ0n) is 11.8. The quantitative estimate of drug-likeness (QED) is 0.790. The number of halogens is 1. The highest BCUT2D eigenvalue weighted by molar-refractivity contribution is 5.95. The first-order chi connectivity index (χ1) is 8.99. The molecular formula is C14H18FNO4. The highest BCUT2D eigenvalue weighted by atomic mass is 19.1. The van der Waals surface area contributed by atoms with Gasteiger partial charge in [-0.1, -0.05) is 0 Å². The van der Waals surface area contributed by atoms with Crippen LogP contribution in [0.1, 0.15) is 38.1 Å². The summed E-state index contributed by atoms with van der Waals surface area (Å²) < 4.78 is 13.6. The van der Waals surface area contributed by atoms with Crippen LogP contribution in [0.2, 0.25) is 0 Å². The second-order valence-corrected chi connectivity index (χ2v) is 5.67. The van der Waals surface area contributed by atoms with Crippen molar-refractivity contribution >= 4 is 11.9 Å². The molecule has 0 radical (unpaired) electrons. The topological polar surface area (TPSA) is 86.6 Å². The Hall–Kier alpha value is -2.11. The van der Waals surface area contributed by atoms with Gasteiger partial charge in [-0.15, -0.1) is 0 Å². The maximum absolute atomic E-state index is 13.6. The van der Waals surface area contributed by atoms with Crippen molar-refractivity contribution in [3.8, 4) is 5.75 Å². The molecule has 3 N–H and O–H groups in total. The number of carboxylic acid groups (broad SMARTS) is 1. The van der Waals surface area contributed by atoms with Gasteiger partial charge in [-0.2, -0.15) is 0 Å². The van der Waals surface area contributed by atoms with Gasteiger partial charge in [-0.3, -0.25) is 9.59 Å². The number of benzene rings is 1. The molecule has 0 atom stereocenters. The third-order valence-electron chi connectivity index (χ3n) is 3.72. The van der Waals surface area contributed by atoms with Crippen molar-refractivity contribution in [2.45, 2.75) is 33.2 Å². The third-order valence-corrected chi connectivity index (χ3v) is 3.72. The second kappa shape index (κ2) is 5.11. The van der Waals surface area contributed by atoms with Crippen molar-refractivity contribution in [2.24, 2.45) is 5.41 Å². The summed E-state index contributed by atoms with van der Waals surface area (Å²) in [6.07, 6.45) is 0.